The Morgan fingerprint density at radius 2 is 2.17 bits per heavy atom. The molecule has 0 heterocycles. The van der Waals surface area contributed by atoms with Crippen LogP contribution in [0.15, 0.2) is 0 Å². The van der Waals surface area contributed by atoms with Crippen LogP contribution in [-0.4, -0.2) is 36.0 Å². The fraction of sp³-hybridized carbons (Fsp3) is 0.714. The molecular formula is C7H14N2O3. The molecule has 0 aliphatic rings. The Hall–Kier alpha value is -0.940. The van der Waals surface area contributed by atoms with Crippen LogP contribution < -0.4 is 11.1 Å². The maximum atomic E-state index is 10.6. The summed E-state index contributed by atoms with van der Waals surface area (Å²) >= 11 is 0. The number of aliphatic hydroxyl groups excluding tert-OH is 1. The average molecular weight is 174 g/mol. The number of ketones is 1. The Bertz CT molecular complexity index is 170. The van der Waals surface area contributed by atoms with Gasteiger partial charge in [-0.1, -0.05) is 0 Å². The topological polar surface area (TPSA) is 92.4 Å². The summed E-state index contributed by atoms with van der Waals surface area (Å²) in [4.78, 5) is 21.1. The summed E-state index contributed by atoms with van der Waals surface area (Å²) in [6, 6.07) is -0.524. The van der Waals surface area contributed by atoms with Crippen molar-refractivity contribution in [2.75, 3.05) is 13.2 Å². The molecule has 0 radical (unpaired) electrons. The van der Waals surface area contributed by atoms with Crippen molar-refractivity contribution in [1.82, 2.24) is 5.32 Å². The second-order valence-corrected chi connectivity index (χ2v) is 2.51. The number of hydrogen-bond donors (Lipinski definition) is 3. The standard InChI is InChI=1S/C7H14N2O3/c1-5(11)6(8)2-3-9-7(12)4-10/h6,10H,2-4,8H2,1H3,(H,9,12). The number of amides is 1. The van der Waals surface area contributed by atoms with Crippen molar-refractivity contribution in [3.8, 4) is 0 Å². The summed E-state index contributed by atoms with van der Waals surface area (Å²) in [6.07, 6.45) is 0.404. The lowest BCUT2D eigenvalue weighted by Gasteiger charge is -2.07. The number of Topliss-reactive ketones (excluding diaryl/α,β-unsaturated/α-hetero) is 1. The molecule has 0 aromatic rings. The van der Waals surface area contributed by atoms with Crippen molar-refractivity contribution in [2.45, 2.75) is 19.4 Å². The predicted octanol–water partition coefficient (Wildman–Crippen LogP) is -1.60. The minimum Gasteiger partial charge on any atom is -0.387 e. The third-order valence-corrected chi connectivity index (χ3v) is 1.44. The summed E-state index contributed by atoms with van der Waals surface area (Å²) < 4.78 is 0. The van der Waals surface area contributed by atoms with E-state index < -0.39 is 18.6 Å². The fourth-order valence-electron chi connectivity index (χ4n) is 0.626. The first kappa shape index (κ1) is 11.1. The summed E-state index contributed by atoms with van der Waals surface area (Å²) in [5.74, 6) is -0.556. The monoisotopic (exact) mass is 174 g/mol. The van der Waals surface area contributed by atoms with Gasteiger partial charge in [-0.2, -0.15) is 0 Å². The summed E-state index contributed by atoms with van der Waals surface area (Å²) in [7, 11) is 0. The Labute approximate surface area is 70.9 Å². The van der Waals surface area contributed by atoms with Gasteiger partial charge in [0.2, 0.25) is 5.91 Å². The van der Waals surface area contributed by atoms with Crippen LogP contribution in [-0.2, 0) is 9.59 Å². The summed E-state index contributed by atoms with van der Waals surface area (Å²) in [5, 5.41) is 10.7. The van der Waals surface area contributed by atoms with Gasteiger partial charge in [0.05, 0.1) is 6.04 Å². The van der Waals surface area contributed by atoms with E-state index in [1.165, 1.54) is 6.92 Å². The maximum absolute atomic E-state index is 10.6. The SMILES string of the molecule is CC(=O)C(N)CCNC(=O)CO. The molecule has 0 aromatic carbocycles. The van der Waals surface area contributed by atoms with Gasteiger partial charge in [0.25, 0.3) is 0 Å². The van der Waals surface area contributed by atoms with E-state index in [4.69, 9.17) is 10.8 Å². The van der Waals surface area contributed by atoms with E-state index in [0.717, 1.165) is 0 Å². The quantitative estimate of drug-likeness (QED) is 0.468. The van der Waals surface area contributed by atoms with Crippen LogP contribution >= 0.6 is 0 Å². The molecule has 0 spiro atoms. The number of aliphatic hydroxyl groups is 1. The molecule has 1 unspecified atom stereocenters. The zero-order valence-corrected chi connectivity index (χ0v) is 7.04. The zero-order chi connectivity index (χ0) is 9.56. The predicted molar refractivity (Wildman–Crippen MR) is 43.4 cm³/mol. The van der Waals surface area contributed by atoms with E-state index >= 15 is 0 Å². The molecule has 70 valence electrons. The number of hydrogen-bond acceptors (Lipinski definition) is 4. The van der Waals surface area contributed by atoms with Gasteiger partial charge in [-0.25, -0.2) is 0 Å². The van der Waals surface area contributed by atoms with Crippen molar-refractivity contribution in [2.24, 2.45) is 5.73 Å². The van der Waals surface area contributed by atoms with Gasteiger partial charge in [-0.05, 0) is 13.3 Å². The maximum Gasteiger partial charge on any atom is 0.245 e. The molecular weight excluding hydrogens is 160 g/mol. The highest BCUT2D eigenvalue weighted by atomic mass is 16.3. The van der Waals surface area contributed by atoms with Gasteiger partial charge < -0.3 is 16.2 Å². The van der Waals surface area contributed by atoms with E-state index in [1.54, 1.807) is 0 Å². The van der Waals surface area contributed by atoms with E-state index in [-0.39, 0.29) is 5.78 Å². The number of carbonyl (C=O) groups is 2. The van der Waals surface area contributed by atoms with Crippen LogP contribution in [0.5, 0.6) is 0 Å². The molecule has 0 aliphatic carbocycles. The van der Waals surface area contributed by atoms with Crippen molar-refractivity contribution >= 4 is 11.7 Å². The molecule has 0 rings (SSSR count). The lowest BCUT2D eigenvalue weighted by atomic mass is 10.1. The van der Waals surface area contributed by atoms with Crippen molar-refractivity contribution in [3.05, 3.63) is 0 Å². The van der Waals surface area contributed by atoms with Crippen molar-refractivity contribution in [3.63, 3.8) is 0 Å². The molecule has 0 bridgehead atoms. The third-order valence-electron chi connectivity index (χ3n) is 1.44. The highest BCUT2D eigenvalue weighted by Crippen LogP contribution is 1.87. The minimum atomic E-state index is -0.532. The van der Waals surface area contributed by atoms with Gasteiger partial charge >= 0.3 is 0 Å². The number of nitrogens with two attached hydrogens (primary N) is 1. The average Bonchev–Trinajstić information content (AvgIpc) is 2.03. The Morgan fingerprint density at radius 1 is 1.58 bits per heavy atom. The lowest BCUT2D eigenvalue weighted by molar-refractivity contribution is -0.124. The van der Waals surface area contributed by atoms with Gasteiger partial charge in [0.15, 0.2) is 0 Å². The molecule has 1 amide bonds. The Morgan fingerprint density at radius 3 is 2.58 bits per heavy atom. The van der Waals surface area contributed by atoms with Crippen LogP contribution in [0.1, 0.15) is 13.3 Å². The normalized spacial score (nSPS) is 12.2. The first-order valence-corrected chi connectivity index (χ1v) is 3.71. The van der Waals surface area contributed by atoms with Crippen molar-refractivity contribution < 1.29 is 14.7 Å². The molecule has 0 saturated heterocycles. The van der Waals surface area contributed by atoms with Crippen LogP contribution in [0.25, 0.3) is 0 Å². The minimum absolute atomic E-state index is 0.103. The highest BCUT2D eigenvalue weighted by molar-refractivity contribution is 5.81. The van der Waals surface area contributed by atoms with Crippen molar-refractivity contribution in [1.29, 1.82) is 0 Å². The van der Waals surface area contributed by atoms with Gasteiger partial charge in [0.1, 0.15) is 12.4 Å². The summed E-state index contributed by atoms with van der Waals surface area (Å²) in [6.45, 7) is 1.19. The number of rotatable bonds is 5. The molecule has 4 N–H and O–H groups in total. The van der Waals surface area contributed by atoms with Gasteiger partial charge in [0, 0.05) is 6.54 Å². The molecule has 5 heteroatoms. The fourth-order valence-corrected chi connectivity index (χ4v) is 0.626. The van der Waals surface area contributed by atoms with E-state index in [9.17, 15) is 9.59 Å². The molecule has 0 aromatic heterocycles. The molecule has 12 heavy (non-hydrogen) atoms. The Kier molecular flexibility index (Phi) is 5.23. The third kappa shape index (κ3) is 4.81. The lowest BCUT2D eigenvalue weighted by Crippen LogP contribution is -2.35. The van der Waals surface area contributed by atoms with Gasteiger partial charge in [-0.15, -0.1) is 0 Å². The first-order chi connectivity index (χ1) is 5.57. The number of carbonyl (C=O) groups excluding carboxylic acids is 2. The molecule has 0 saturated carbocycles. The first-order valence-electron chi connectivity index (χ1n) is 3.71. The highest BCUT2D eigenvalue weighted by Gasteiger charge is 2.07. The number of nitrogens with one attached hydrogen (secondary N) is 1. The van der Waals surface area contributed by atoms with Crippen LogP contribution in [0.2, 0.25) is 0 Å². The smallest absolute Gasteiger partial charge is 0.245 e. The zero-order valence-electron chi connectivity index (χ0n) is 7.04. The van der Waals surface area contributed by atoms with E-state index in [0.29, 0.717) is 13.0 Å². The van der Waals surface area contributed by atoms with Crippen LogP contribution in [0.3, 0.4) is 0 Å². The Balaban J connectivity index is 3.43. The molecule has 0 fully saturated rings. The molecule has 1 atom stereocenters. The van der Waals surface area contributed by atoms with E-state index in [2.05, 4.69) is 5.32 Å². The van der Waals surface area contributed by atoms with E-state index in [1.807, 2.05) is 0 Å². The molecule has 0 aliphatic heterocycles. The molecule has 5 nitrogen and oxygen atoms in total. The second-order valence-electron chi connectivity index (χ2n) is 2.51. The van der Waals surface area contributed by atoms with Crippen LogP contribution in [0.4, 0.5) is 0 Å². The largest absolute Gasteiger partial charge is 0.387 e. The van der Waals surface area contributed by atoms with Crippen LogP contribution in [0, 0.1) is 0 Å². The summed E-state index contributed by atoms with van der Waals surface area (Å²) in [5.41, 5.74) is 5.38. The van der Waals surface area contributed by atoms with Gasteiger partial charge in [-0.3, -0.25) is 9.59 Å². The second kappa shape index (κ2) is 5.68.